The molecule has 2 rings (SSSR count). The Morgan fingerprint density at radius 3 is 2.48 bits per heavy atom. The number of hydrogen-bond acceptors (Lipinski definition) is 4. The van der Waals surface area contributed by atoms with Gasteiger partial charge in [0.05, 0.1) is 0 Å². The average molecular weight is 291 g/mol. The van der Waals surface area contributed by atoms with Gasteiger partial charge in [-0.3, -0.25) is 4.79 Å². The minimum Gasteiger partial charge on any atom is -0.460 e. The first-order valence-corrected chi connectivity index (χ1v) is 7.06. The fraction of sp³-hybridized carbons (Fsp3) is 0.467. The van der Waals surface area contributed by atoms with Gasteiger partial charge in [-0.25, -0.2) is 4.79 Å². The van der Waals surface area contributed by atoms with Crippen molar-refractivity contribution < 1.29 is 14.3 Å². The van der Waals surface area contributed by atoms with E-state index in [2.05, 4.69) is 10.2 Å². The van der Waals surface area contributed by atoms with Crippen molar-refractivity contribution in [1.82, 2.24) is 15.1 Å². The smallest absolute Gasteiger partial charge is 0.325 e. The summed E-state index contributed by atoms with van der Waals surface area (Å²) in [4.78, 5) is 27.3. The van der Waals surface area contributed by atoms with Gasteiger partial charge in [0.25, 0.3) is 0 Å². The van der Waals surface area contributed by atoms with Crippen LogP contribution in [-0.2, 0) is 16.1 Å². The van der Waals surface area contributed by atoms with Crippen molar-refractivity contribution in [3.8, 4) is 0 Å². The van der Waals surface area contributed by atoms with Crippen LogP contribution in [0.5, 0.6) is 0 Å². The predicted octanol–water partition coefficient (Wildman–Crippen LogP) is 0.687. The molecule has 0 bridgehead atoms. The fourth-order valence-electron chi connectivity index (χ4n) is 2.06. The molecule has 1 N–H and O–H groups in total. The van der Waals surface area contributed by atoms with Crippen molar-refractivity contribution in [3.63, 3.8) is 0 Å². The zero-order valence-corrected chi connectivity index (χ0v) is 12.2. The molecule has 114 valence electrons. The third kappa shape index (κ3) is 5.07. The van der Waals surface area contributed by atoms with Gasteiger partial charge in [-0.05, 0) is 12.6 Å². The van der Waals surface area contributed by atoms with E-state index in [4.69, 9.17) is 4.74 Å². The summed E-state index contributed by atoms with van der Waals surface area (Å²) in [6.45, 7) is 3.20. The van der Waals surface area contributed by atoms with Crippen LogP contribution in [0.15, 0.2) is 30.3 Å². The number of rotatable bonds is 4. The van der Waals surface area contributed by atoms with Crippen LogP contribution >= 0.6 is 0 Å². The molecule has 6 heteroatoms. The predicted molar refractivity (Wildman–Crippen MR) is 78.7 cm³/mol. The van der Waals surface area contributed by atoms with Crippen LogP contribution in [0.25, 0.3) is 0 Å². The Morgan fingerprint density at radius 2 is 1.81 bits per heavy atom. The van der Waals surface area contributed by atoms with E-state index in [1.165, 1.54) is 0 Å². The van der Waals surface area contributed by atoms with Crippen LogP contribution in [0.1, 0.15) is 5.56 Å². The van der Waals surface area contributed by atoms with Gasteiger partial charge in [0, 0.05) is 26.2 Å². The molecule has 0 saturated carbocycles. The lowest BCUT2D eigenvalue weighted by atomic mass is 10.2. The zero-order chi connectivity index (χ0) is 15.1. The summed E-state index contributed by atoms with van der Waals surface area (Å²) in [5.74, 6) is -0.429. The van der Waals surface area contributed by atoms with E-state index < -0.39 is 5.97 Å². The van der Waals surface area contributed by atoms with Crippen LogP contribution in [0.2, 0.25) is 0 Å². The van der Waals surface area contributed by atoms with E-state index in [0.29, 0.717) is 13.1 Å². The Kier molecular flexibility index (Phi) is 5.57. The van der Waals surface area contributed by atoms with Crippen molar-refractivity contribution in [3.05, 3.63) is 35.9 Å². The summed E-state index contributed by atoms with van der Waals surface area (Å²) in [5, 5.41) is 2.60. The molecular weight excluding hydrogens is 270 g/mol. The molecule has 21 heavy (non-hydrogen) atoms. The minimum absolute atomic E-state index is 0.0992. The van der Waals surface area contributed by atoms with Crippen LogP contribution in [0, 0.1) is 0 Å². The second kappa shape index (κ2) is 7.64. The third-order valence-corrected chi connectivity index (χ3v) is 3.42. The number of hydrogen-bond donors (Lipinski definition) is 1. The van der Waals surface area contributed by atoms with E-state index in [0.717, 1.165) is 18.7 Å². The van der Waals surface area contributed by atoms with Crippen LogP contribution in [-0.4, -0.2) is 61.6 Å². The number of carbonyl (C=O) groups excluding carboxylic acids is 2. The van der Waals surface area contributed by atoms with Crippen LogP contribution < -0.4 is 5.32 Å². The third-order valence-electron chi connectivity index (χ3n) is 3.42. The molecule has 0 aromatic heterocycles. The molecule has 1 aromatic rings. The maximum absolute atomic E-state index is 11.9. The molecular formula is C15H21N3O3. The number of likely N-dealkylation sites (N-methyl/N-ethyl adjacent to an activating group) is 1. The molecule has 2 amide bonds. The largest absolute Gasteiger partial charge is 0.460 e. The molecule has 1 heterocycles. The van der Waals surface area contributed by atoms with E-state index in [9.17, 15) is 9.59 Å². The monoisotopic (exact) mass is 291 g/mol. The zero-order valence-electron chi connectivity index (χ0n) is 12.2. The molecule has 6 nitrogen and oxygen atoms in total. The van der Waals surface area contributed by atoms with Crippen molar-refractivity contribution in [2.24, 2.45) is 0 Å². The van der Waals surface area contributed by atoms with E-state index in [-0.39, 0.29) is 19.2 Å². The SMILES string of the molecule is CN1CCN(C(=O)NCC(=O)OCc2ccccc2)CC1. The summed E-state index contributed by atoms with van der Waals surface area (Å²) in [7, 11) is 2.02. The lowest BCUT2D eigenvalue weighted by Gasteiger charge is -2.32. The first-order valence-electron chi connectivity index (χ1n) is 7.06. The Labute approximate surface area is 124 Å². The van der Waals surface area contributed by atoms with Gasteiger partial charge in [0.2, 0.25) is 0 Å². The standard InChI is InChI=1S/C15H21N3O3/c1-17-7-9-18(10-8-17)15(20)16-11-14(19)21-12-13-5-3-2-4-6-13/h2-6H,7-12H2,1H3,(H,16,20). The number of benzene rings is 1. The van der Waals surface area contributed by atoms with Crippen molar-refractivity contribution in [1.29, 1.82) is 0 Å². The lowest BCUT2D eigenvalue weighted by Crippen LogP contribution is -2.51. The van der Waals surface area contributed by atoms with Crippen LogP contribution in [0.3, 0.4) is 0 Å². The van der Waals surface area contributed by atoms with Gasteiger partial charge in [0.15, 0.2) is 0 Å². The molecule has 1 aromatic carbocycles. The Morgan fingerprint density at radius 1 is 1.14 bits per heavy atom. The maximum Gasteiger partial charge on any atom is 0.325 e. The summed E-state index contributed by atoms with van der Waals surface area (Å²) in [6, 6.07) is 9.24. The molecule has 1 aliphatic heterocycles. The maximum atomic E-state index is 11.9. The fourth-order valence-corrected chi connectivity index (χ4v) is 2.06. The topological polar surface area (TPSA) is 61.9 Å². The number of amides is 2. The quantitative estimate of drug-likeness (QED) is 0.829. The number of piperazine rings is 1. The molecule has 1 saturated heterocycles. The average Bonchev–Trinajstić information content (AvgIpc) is 2.52. The highest BCUT2D eigenvalue weighted by atomic mass is 16.5. The molecule has 0 atom stereocenters. The van der Waals surface area contributed by atoms with Gasteiger partial charge in [-0.2, -0.15) is 0 Å². The second-order valence-electron chi connectivity index (χ2n) is 5.10. The Bertz CT molecular complexity index is 470. The summed E-state index contributed by atoms with van der Waals surface area (Å²) < 4.78 is 5.10. The summed E-state index contributed by atoms with van der Waals surface area (Å²) in [5.41, 5.74) is 0.927. The van der Waals surface area contributed by atoms with Gasteiger partial charge >= 0.3 is 12.0 Å². The van der Waals surface area contributed by atoms with Crippen molar-refractivity contribution in [2.75, 3.05) is 39.8 Å². The normalized spacial score (nSPS) is 15.6. The highest BCUT2D eigenvalue weighted by Crippen LogP contribution is 2.01. The van der Waals surface area contributed by atoms with Crippen molar-refractivity contribution in [2.45, 2.75) is 6.61 Å². The minimum atomic E-state index is -0.429. The highest BCUT2D eigenvalue weighted by molar-refractivity contribution is 5.80. The Hall–Kier alpha value is -2.08. The molecule has 0 radical (unpaired) electrons. The summed E-state index contributed by atoms with van der Waals surface area (Å²) in [6.07, 6.45) is 0. The number of urea groups is 1. The number of ether oxygens (including phenoxy) is 1. The molecule has 1 aliphatic rings. The van der Waals surface area contributed by atoms with Gasteiger partial charge in [-0.1, -0.05) is 30.3 Å². The van der Waals surface area contributed by atoms with Gasteiger partial charge in [0.1, 0.15) is 13.2 Å². The number of esters is 1. The van der Waals surface area contributed by atoms with E-state index in [1.807, 2.05) is 37.4 Å². The van der Waals surface area contributed by atoms with Gasteiger partial charge in [-0.15, -0.1) is 0 Å². The molecule has 0 unspecified atom stereocenters. The molecule has 1 fully saturated rings. The highest BCUT2D eigenvalue weighted by Gasteiger charge is 2.19. The molecule has 0 spiro atoms. The van der Waals surface area contributed by atoms with Crippen molar-refractivity contribution >= 4 is 12.0 Å². The van der Waals surface area contributed by atoms with E-state index >= 15 is 0 Å². The second-order valence-corrected chi connectivity index (χ2v) is 5.10. The summed E-state index contributed by atoms with van der Waals surface area (Å²) >= 11 is 0. The number of carbonyl (C=O) groups is 2. The first kappa shape index (κ1) is 15.3. The lowest BCUT2D eigenvalue weighted by molar-refractivity contribution is -0.143. The number of nitrogens with one attached hydrogen (secondary N) is 1. The van der Waals surface area contributed by atoms with E-state index in [1.54, 1.807) is 4.90 Å². The first-order chi connectivity index (χ1) is 10.1. The molecule has 0 aliphatic carbocycles. The number of nitrogens with zero attached hydrogens (tertiary/aromatic N) is 2. The Balaban J connectivity index is 1.65. The van der Waals surface area contributed by atoms with Crippen LogP contribution in [0.4, 0.5) is 4.79 Å². The van der Waals surface area contributed by atoms with Gasteiger partial charge < -0.3 is 19.9 Å².